The Hall–Kier alpha value is -0.570. The molecule has 1 aliphatic rings. The van der Waals surface area contributed by atoms with Gasteiger partial charge in [-0.1, -0.05) is 0 Å². The molecule has 5 heteroatoms. The minimum absolute atomic E-state index is 0.296. The van der Waals surface area contributed by atoms with Crippen molar-refractivity contribution in [3.63, 3.8) is 0 Å². The van der Waals surface area contributed by atoms with Crippen LogP contribution in [0.5, 0.6) is 5.75 Å². The molecule has 0 spiro atoms. The van der Waals surface area contributed by atoms with Crippen LogP contribution in [-0.2, 0) is 11.1 Å². The number of furan rings is 1. The lowest BCUT2D eigenvalue weighted by Gasteiger charge is -2.15. The summed E-state index contributed by atoms with van der Waals surface area (Å²) in [5.41, 5.74) is 0. The quantitative estimate of drug-likeness (QED) is 0.583. The van der Waals surface area contributed by atoms with Crippen molar-refractivity contribution >= 4 is 8.60 Å². The fourth-order valence-electron chi connectivity index (χ4n) is 0.740. The van der Waals surface area contributed by atoms with Crippen LogP contribution in [0.3, 0.4) is 0 Å². The van der Waals surface area contributed by atoms with Crippen LogP contribution in [0.2, 0.25) is 0 Å². The van der Waals surface area contributed by atoms with Crippen LogP contribution in [0.15, 0.2) is 16.7 Å². The van der Waals surface area contributed by atoms with Crippen LogP contribution < -0.4 is 4.52 Å². The van der Waals surface area contributed by atoms with Crippen LogP contribution >= 0.6 is 8.60 Å². The van der Waals surface area contributed by atoms with E-state index in [0.29, 0.717) is 18.1 Å². The number of hydrogen-bond donors (Lipinski definition) is 1. The van der Waals surface area contributed by atoms with E-state index in [9.17, 15) is 0 Å². The van der Waals surface area contributed by atoms with Gasteiger partial charge >= 0.3 is 8.60 Å². The van der Waals surface area contributed by atoms with E-state index in [4.69, 9.17) is 18.4 Å². The van der Waals surface area contributed by atoms with Gasteiger partial charge in [-0.05, 0) is 0 Å². The van der Waals surface area contributed by atoms with Crippen LogP contribution in [-0.4, -0.2) is 4.89 Å². The molecule has 0 aromatic carbocycles. The monoisotopic (exact) mass is 160 g/mol. The first-order valence-corrected chi connectivity index (χ1v) is 3.85. The zero-order chi connectivity index (χ0) is 6.97. The van der Waals surface area contributed by atoms with Crippen molar-refractivity contribution in [3.05, 3.63) is 18.1 Å². The molecule has 1 N–H and O–H groups in total. The molecule has 1 atom stereocenters. The van der Waals surface area contributed by atoms with Crippen molar-refractivity contribution in [3.8, 4) is 5.75 Å². The van der Waals surface area contributed by atoms with E-state index < -0.39 is 8.60 Å². The summed E-state index contributed by atoms with van der Waals surface area (Å²) in [4.78, 5) is 8.85. The maximum absolute atomic E-state index is 8.85. The third-order valence-electron chi connectivity index (χ3n) is 1.19. The van der Waals surface area contributed by atoms with Crippen molar-refractivity contribution < 1.29 is 18.4 Å². The van der Waals surface area contributed by atoms with E-state index in [0.717, 1.165) is 0 Å². The smallest absolute Gasteiger partial charge is 0.394 e. The van der Waals surface area contributed by atoms with Crippen LogP contribution in [0, 0.1) is 0 Å². The molecular weight excluding hydrogens is 155 g/mol. The zero-order valence-electron chi connectivity index (χ0n) is 4.98. The Bertz CT molecular complexity index is 233. The first-order chi connectivity index (χ1) is 4.86. The number of hydrogen-bond acceptors (Lipinski definition) is 4. The summed E-state index contributed by atoms with van der Waals surface area (Å²) < 4.78 is 14.6. The summed E-state index contributed by atoms with van der Waals surface area (Å²) in [6, 6.07) is 1.66. The summed E-state index contributed by atoms with van der Waals surface area (Å²) in [7, 11) is -1.71. The van der Waals surface area contributed by atoms with Gasteiger partial charge in [-0.25, -0.2) is 0 Å². The lowest BCUT2D eigenvalue weighted by atomic mass is 10.4. The average Bonchev–Trinajstić information content (AvgIpc) is 2.33. The molecule has 0 aliphatic carbocycles. The van der Waals surface area contributed by atoms with Crippen molar-refractivity contribution in [2.24, 2.45) is 0 Å². The van der Waals surface area contributed by atoms with Crippen molar-refractivity contribution in [2.45, 2.75) is 6.61 Å². The predicted molar refractivity (Wildman–Crippen MR) is 33.3 cm³/mol. The highest BCUT2D eigenvalue weighted by Gasteiger charge is 2.21. The molecule has 0 amide bonds. The fourth-order valence-corrected chi connectivity index (χ4v) is 1.35. The molecule has 4 nitrogen and oxygen atoms in total. The summed E-state index contributed by atoms with van der Waals surface area (Å²) >= 11 is 0. The highest BCUT2D eigenvalue weighted by molar-refractivity contribution is 7.41. The summed E-state index contributed by atoms with van der Waals surface area (Å²) in [5, 5.41) is 0. The average molecular weight is 160 g/mol. The van der Waals surface area contributed by atoms with Gasteiger partial charge in [0.2, 0.25) is 0 Å². The van der Waals surface area contributed by atoms with Gasteiger partial charge in [-0.3, -0.25) is 4.52 Å². The van der Waals surface area contributed by atoms with Gasteiger partial charge in [0.25, 0.3) is 0 Å². The Morgan fingerprint density at radius 1 is 1.60 bits per heavy atom. The summed E-state index contributed by atoms with van der Waals surface area (Å²) in [6.45, 7) is 0.296. The third-order valence-corrected chi connectivity index (χ3v) is 1.89. The van der Waals surface area contributed by atoms with Gasteiger partial charge in [0.1, 0.15) is 6.61 Å². The predicted octanol–water partition coefficient (Wildman–Crippen LogP) is 1.41. The molecule has 0 bridgehead atoms. The molecular formula is C5H5O4P. The zero-order valence-corrected chi connectivity index (χ0v) is 5.88. The van der Waals surface area contributed by atoms with E-state index in [2.05, 4.69) is 0 Å². The highest BCUT2D eigenvalue weighted by Crippen LogP contribution is 2.43. The van der Waals surface area contributed by atoms with E-state index in [1.807, 2.05) is 0 Å². The largest absolute Gasteiger partial charge is 0.463 e. The van der Waals surface area contributed by atoms with Crippen molar-refractivity contribution in [2.75, 3.05) is 0 Å². The minimum atomic E-state index is -1.71. The molecule has 2 rings (SSSR count). The molecule has 0 radical (unpaired) electrons. The number of fused-ring (bicyclic) bond motifs is 1. The molecule has 2 heterocycles. The second-order valence-electron chi connectivity index (χ2n) is 1.81. The minimum Gasteiger partial charge on any atom is -0.463 e. The standard InChI is InChI=1S/C5H5O4P/c6-10-8-3-5-4(9-10)1-2-7-5/h1-2,6H,3H2. The second kappa shape index (κ2) is 2.23. The normalized spacial score (nSPS) is 23.5. The molecule has 1 unspecified atom stereocenters. The summed E-state index contributed by atoms with van der Waals surface area (Å²) in [6.07, 6.45) is 1.50. The first kappa shape index (κ1) is 6.16. The van der Waals surface area contributed by atoms with Crippen LogP contribution in [0.25, 0.3) is 0 Å². The second-order valence-corrected chi connectivity index (χ2v) is 2.73. The topological polar surface area (TPSA) is 51.8 Å². The van der Waals surface area contributed by atoms with E-state index >= 15 is 0 Å². The Labute approximate surface area is 58.4 Å². The van der Waals surface area contributed by atoms with Gasteiger partial charge in [0, 0.05) is 6.07 Å². The Balaban J connectivity index is 2.30. The SMILES string of the molecule is OP1OCc2occc2O1. The molecule has 0 saturated carbocycles. The molecule has 54 valence electrons. The van der Waals surface area contributed by atoms with E-state index in [1.165, 1.54) is 6.26 Å². The Kier molecular flexibility index (Phi) is 1.38. The van der Waals surface area contributed by atoms with Crippen LogP contribution in [0.4, 0.5) is 0 Å². The van der Waals surface area contributed by atoms with Gasteiger partial charge in [0.15, 0.2) is 11.5 Å². The molecule has 0 saturated heterocycles. The van der Waals surface area contributed by atoms with Crippen LogP contribution in [0.1, 0.15) is 5.76 Å². The number of rotatable bonds is 0. The van der Waals surface area contributed by atoms with Crippen molar-refractivity contribution in [1.82, 2.24) is 0 Å². The lowest BCUT2D eigenvalue weighted by molar-refractivity contribution is 0.203. The maximum atomic E-state index is 8.85. The first-order valence-electron chi connectivity index (χ1n) is 2.72. The van der Waals surface area contributed by atoms with Gasteiger partial charge in [0.05, 0.1) is 6.26 Å². The molecule has 1 aromatic rings. The maximum Gasteiger partial charge on any atom is 0.394 e. The fraction of sp³-hybridized carbons (Fsp3) is 0.200. The van der Waals surface area contributed by atoms with Gasteiger partial charge < -0.3 is 13.8 Å². The molecule has 0 fully saturated rings. The summed E-state index contributed by atoms with van der Waals surface area (Å²) in [5.74, 6) is 1.22. The van der Waals surface area contributed by atoms with Gasteiger partial charge in [-0.2, -0.15) is 0 Å². The van der Waals surface area contributed by atoms with Gasteiger partial charge in [-0.15, -0.1) is 0 Å². The molecule has 1 aromatic heterocycles. The van der Waals surface area contributed by atoms with E-state index in [1.54, 1.807) is 6.07 Å². The Morgan fingerprint density at radius 2 is 2.50 bits per heavy atom. The third kappa shape index (κ3) is 0.904. The van der Waals surface area contributed by atoms with Crippen molar-refractivity contribution in [1.29, 1.82) is 0 Å². The lowest BCUT2D eigenvalue weighted by Crippen LogP contribution is -1.99. The highest BCUT2D eigenvalue weighted by atomic mass is 31.2. The Morgan fingerprint density at radius 3 is 3.40 bits per heavy atom. The molecule has 10 heavy (non-hydrogen) atoms. The molecule has 1 aliphatic heterocycles. The van der Waals surface area contributed by atoms with E-state index in [-0.39, 0.29) is 0 Å².